The zero-order valence-electron chi connectivity index (χ0n) is 9.70. The minimum atomic E-state index is -4.37. The lowest BCUT2D eigenvalue weighted by molar-refractivity contribution is -0.142. The topological polar surface area (TPSA) is 29.3 Å². The first-order chi connectivity index (χ1) is 8.43. The third kappa shape index (κ3) is 2.57. The molecule has 0 N–H and O–H groups in total. The van der Waals surface area contributed by atoms with E-state index in [4.69, 9.17) is 4.74 Å². The second-order valence-corrected chi connectivity index (χ2v) is 3.97. The van der Waals surface area contributed by atoms with Gasteiger partial charge in [0.25, 0.3) is 0 Å². The number of rotatable bonds is 3. The summed E-state index contributed by atoms with van der Waals surface area (Å²) in [6.45, 7) is 2.36. The molecule has 3 nitrogen and oxygen atoms in total. The van der Waals surface area contributed by atoms with Gasteiger partial charge in [0.15, 0.2) is 0 Å². The van der Waals surface area contributed by atoms with Crippen LogP contribution in [0.15, 0.2) is 24.3 Å². The molecule has 0 bridgehead atoms. The lowest BCUT2D eigenvalue weighted by Gasteiger charge is -2.10. The molecule has 1 saturated heterocycles. The molecule has 2 rings (SSSR count). The summed E-state index contributed by atoms with van der Waals surface area (Å²) >= 11 is 0. The molecule has 1 aromatic rings. The van der Waals surface area contributed by atoms with Crippen LogP contribution in [0.2, 0.25) is 0 Å². The smallest absolute Gasteiger partial charge is 0.416 e. The van der Waals surface area contributed by atoms with E-state index >= 15 is 0 Å². The van der Waals surface area contributed by atoms with Crippen molar-refractivity contribution in [2.24, 2.45) is 0 Å². The van der Waals surface area contributed by atoms with Gasteiger partial charge in [-0.2, -0.15) is 13.2 Å². The van der Waals surface area contributed by atoms with Crippen LogP contribution in [0.5, 0.6) is 0 Å². The van der Waals surface area contributed by atoms with Gasteiger partial charge in [-0.3, -0.25) is 0 Å². The molecule has 0 aromatic heterocycles. The zero-order valence-corrected chi connectivity index (χ0v) is 9.70. The molecule has 1 unspecified atom stereocenters. The average molecular weight is 259 g/mol. The Morgan fingerprint density at radius 2 is 2.22 bits per heavy atom. The third-order valence-corrected chi connectivity index (χ3v) is 2.68. The van der Waals surface area contributed by atoms with Crippen molar-refractivity contribution in [3.8, 4) is 0 Å². The van der Waals surface area contributed by atoms with Crippen LogP contribution in [0.25, 0.3) is 0 Å². The Morgan fingerprint density at radius 1 is 1.50 bits per heavy atom. The van der Waals surface area contributed by atoms with Gasteiger partial charge in [0.2, 0.25) is 0 Å². The number of halogens is 3. The lowest BCUT2D eigenvalue weighted by atomic mass is 10.2. The van der Waals surface area contributed by atoms with E-state index in [1.54, 1.807) is 17.9 Å². The Labute approximate surface area is 102 Å². The predicted molar refractivity (Wildman–Crippen MR) is 59.2 cm³/mol. The summed E-state index contributed by atoms with van der Waals surface area (Å²) in [5.41, 5.74) is -0.322. The van der Waals surface area contributed by atoms with Crippen LogP contribution in [0.4, 0.5) is 18.9 Å². The van der Waals surface area contributed by atoms with Crippen LogP contribution in [0.1, 0.15) is 12.5 Å². The summed E-state index contributed by atoms with van der Waals surface area (Å²) in [4.78, 5) is 13.0. The van der Waals surface area contributed by atoms with E-state index in [-0.39, 0.29) is 6.61 Å². The molecule has 1 aliphatic rings. The number of hydrogen-bond donors (Lipinski definition) is 0. The summed E-state index contributed by atoms with van der Waals surface area (Å²) in [5, 5.41) is 0. The maximum atomic E-state index is 12.5. The average Bonchev–Trinajstić information content (AvgIpc) is 3.08. The van der Waals surface area contributed by atoms with Crippen LogP contribution in [-0.2, 0) is 15.7 Å². The summed E-state index contributed by atoms with van der Waals surface area (Å²) in [6, 6.07) is 4.48. The minimum absolute atomic E-state index is 0.270. The molecular weight excluding hydrogens is 247 g/mol. The molecule has 98 valence electrons. The van der Waals surface area contributed by atoms with Crippen LogP contribution >= 0.6 is 0 Å². The first-order valence-corrected chi connectivity index (χ1v) is 5.54. The molecule has 6 heteroatoms. The second kappa shape index (κ2) is 4.51. The van der Waals surface area contributed by atoms with Crippen LogP contribution in [0.3, 0.4) is 0 Å². The fraction of sp³-hybridized carbons (Fsp3) is 0.417. The van der Waals surface area contributed by atoms with Crippen molar-refractivity contribution in [2.45, 2.75) is 19.1 Å². The van der Waals surface area contributed by atoms with E-state index in [0.29, 0.717) is 12.2 Å². The summed E-state index contributed by atoms with van der Waals surface area (Å²) in [7, 11) is 0. The maximum Gasteiger partial charge on any atom is 0.416 e. The molecule has 1 atom stereocenters. The van der Waals surface area contributed by atoms with Gasteiger partial charge in [-0.15, -0.1) is 0 Å². The fourth-order valence-electron chi connectivity index (χ4n) is 1.73. The van der Waals surface area contributed by atoms with Gasteiger partial charge in [0, 0.05) is 5.69 Å². The molecule has 0 spiro atoms. The number of alkyl halides is 3. The number of anilines is 1. The molecule has 1 aliphatic heterocycles. The first-order valence-electron chi connectivity index (χ1n) is 5.54. The normalized spacial score (nSPS) is 18.7. The molecule has 1 heterocycles. The Hall–Kier alpha value is -1.72. The van der Waals surface area contributed by atoms with Gasteiger partial charge in [0.1, 0.15) is 6.04 Å². The molecule has 0 radical (unpaired) electrons. The highest BCUT2D eigenvalue weighted by atomic mass is 19.4. The van der Waals surface area contributed by atoms with Gasteiger partial charge in [-0.1, -0.05) is 6.07 Å². The molecule has 1 fully saturated rings. The number of nitrogens with zero attached hydrogens (tertiary/aromatic N) is 1. The van der Waals surface area contributed by atoms with E-state index in [1.807, 2.05) is 0 Å². The highest BCUT2D eigenvalue weighted by Gasteiger charge is 2.42. The SMILES string of the molecule is CCOC(=O)C1CN1c1cccc(C(F)(F)F)c1. The Kier molecular flexibility index (Phi) is 3.19. The largest absolute Gasteiger partial charge is 0.464 e. The number of esters is 1. The van der Waals surface area contributed by atoms with Gasteiger partial charge in [-0.05, 0) is 25.1 Å². The van der Waals surface area contributed by atoms with Crippen LogP contribution in [-0.4, -0.2) is 25.2 Å². The quantitative estimate of drug-likeness (QED) is 0.617. The zero-order chi connectivity index (χ0) is 13.3. The molecule has 1 aromatic carbocycles. The molecule has 18 heavy (non-hydrogen) atoms. The van der Waals surface area contributed by atoms with Gasteiger partial charge >= 0.3 is 12.1 Å². The van der Waals surface area contributed by atoms with Gasteiger partial charge in [-0.25, -0.2) is 4.79 Å². The summed E-state index contributed by atoms with van der Waals surface area (Å²) in [5.74, 6) is -0.394. The van der Waals surface area contributed by atoms with Crippen molar-refractivity contribution in [3.05, 3.63) is 29.8 Å². The first kappa shape index (κ1) is 12.7. The summed E-state index contributed by atoms with van der Waals surface area (Å²) < 4.78 is 42.4. The number of ether oxygens (including phenoxy) is 1. The van der Waals surface area contributed by atoms with Crippen molar-refractivity contribution in [3.63, 3.8) is 0 Å². The van der Waals surface area contributed by atoms with E-state index < -0.39 is 23.8 Å². The van der Waals surface area contributed by atoms with Crippen molar-refractivity contribution < 1.29 is 22.7 Å². The van der Waals surface area contributed by atoms with E-state index in [0.717, 1.165) is 12.1 Å². The molecule has 0 saturated carbocycles. The Balaban J connectivity index is 2.10. The molecule has 0 aliphatic carbocycles. The standard InChI is InChI=1S/C12H12F3NO2/c1-2-18-11(17)10-7-16(10)9-5-3-4-8(6-9)12(13,14)15/h3-6,10H,2,7H2,1H3. The summed E-state index contributed by atoms with van der Waals surface area (Å²) in [6.07, 6.45) is -4.37. The van der Waals surface area contributed by atoms with Crippen molar-refractivity contribution in [1.82, 2.24) is 0 Å². The van der Waals surface area contributed by atoms with Gasteiger partial charge < -0.3 is 9.64 Å². The Bertz CT molecular complexity index is 459. The Morgan fingerprint density at radius 3 is 2.83 bits per heavy atom. The van der Waals surface area contributed by atoms with E-state index in [1.165, 1.54) is 6.07 Å². The van der Waals surface area contributed by atoms with Crippen molar-refractivity contribution in [1.29, 1.82) is 0 Å². The highest BCUT2D eigenvalue weighted by Crippen LogP contribution is 2.35. The monoisotopic (exact) mass is 259 g/mol. The number of carbonyl (C=O) groups excluding carboxylic acids is 1. The van der Waals surface area contributed by atoms with Gasteiger partial charge in [0.05, 0.1) is 18.7 Å². The van der Waals surface area contributed by atoms with E-state index in [2.05, 4.69) is 0 Å². The van der Waals surface area contributed by atoms with Crippen LogP contribution in [0, 0.1) is 0 Å². The molecule has 0 amide bonds. The maximum absolute atomic E-state index is 12.5. The minimum Gasteiger partial charge on any atom is -0.464 e. The predicted octanol–water partition coefficient (Wildman–Crippen LogP) is 2.46. The van der Waals surface area contributed by atoms with Crippen molar-refractivity contribution in [2.75, 3.05) is 18.1 Å². The third-order valence-electron chi connectivity index (χ3n) is 2.68. The number of benzene rings is 1. The molecular formula is C12H12F3NO2. The van der Waals surface area contributed by atoms with E-state index in [9.17, 15) is 18.0 Å². The van der Waals surface area contributed by atoms with Crippen molar-refractivity contribution >= 4 is 11.7 Å². The second-order valence-electron chi connectivity index (χ2n) is 3.97. The number of carbonyl (C=O) groups is 1. The lowest BCUT2D eigenvalue weighted by Crippen LogP contribution is -2.16. The number of hydrogen-bond acceptors (Lipinski definition) is 3. The van der Waals surface area contributed by atoms with Crippen LogP contribution < -0.4 is 4.90 Å². The highest BCUT2D eigenvalue weighted by molar-refractivity contribution is 5.86. The fourth-order valence-corrected chi connectivity index (χ4v) is 1.73.